The van der Waals surface area contributed by atoms with Crippen molar-refractivity contribution in [1.82, 2.24) is 14.0 Å². The number of nitrogens with zero attached hydrogens (tertiary/aromatic N) is 3. The lowest BCUT2D eigenvalue weighted by atomic mass is 10.2. The number of carbonyl (C=O) groups is 1. The molecule has 0 saturated heterocycles. The number of aromatic nitrogens is 2. The highest BCUT2D eigenvalue weighted by molar-refractivity contribution is 5.81. The van der Waals surface area contributed by atoms with E-state index in [4.69, 9.17) is 0 Å². The first-order chi connectivity index (χ1) is 11.7. The molecular weight excluding hydrogens is 302 g/mol. The fourth-order valence-electron chi connectivity index (χ4n) is 4.19. The molecule has 5 heteroatoms. The van der Waals surface area contributed by atoms with Crippen molar-refractivity contribution in [3.05, 3.63) is 34.7 Å². The number of amides is 1. The fraction of sp³-hybridized carbons (Fsp3) is 0.579. The summed E-state index contributed by atoms with van der Waals surface area (Å²) in [6.45, 7) is 2.75. The summed E-state index contributed by atoms with van der Waals surface area (Å²) >= 11 is 0. The van der Waals surface area contributed by atoms with Gasteiger partial charge in [-0.25, -0.2) is 4.79 Å². The summed E-state index contributed by atoms with van der Waals surface area (Å²) in [4.78, 5) is 27.9. The third kappa shape index (κ3) is 2.56. The lowest BCUT2D eigenvalue weighted by Gasteiger charge is -2.29. The number of benzene rings is 1. The van der Waals surface area contributed by atoms with Gasteiger partial charge in [0.25, 0.3) is 0 Å². The second-order valence-electron chi connectivity index (χ2n) is 7.07. The van der Waals surface area contributed by atoms with Gasteiger partial charge in [0, 0.05) is 18.6 Å². The molecule has 0 bridgehead atoms. The third-order valence-corrected chi connectivity index (χ3v) is 5.48. The molecule has 1 aromatic heterocycles. The van der Waals surface area contributed by atoms with Crippen LogP contribution in [-0.4, -0.2) is 32.0 Å². The van der Waals surface area contributed by atoms with Crippen LogP contribution in [0, 0.1) is 0 Å². The molecule has 1 aromatic carbocycles. The van der Waals surface area contributed by atoms with E-state index in [2.05, 4.69) is 4.90 Å². The molecular formula is C19H25N3O2. The van der Waals surface area contributed by atoms with Gasteiger partial charge in [0.2, 0.25) is 5.91 Å². The number of aryl methyl sites for hydroxylation is 1. The minimum Gasteiger partial charge on any atom is -0.335 e. The largest absolute Gasteiger partial charge is 0.335 e. The molecule has 2 saturated carbocycles. The third-order valence-electron chi connectivity index (χ3n) is 5.48. The van der Waals surface area contributed by atoms with Crippen molar-refractivity contribution in [1.29, 1.82) is 0 Å². The maximum Gasteiger partial charge on any atom is 0.329 e. The number of para-hydroxylation sites is 2. The monoisotopic (exact) mass is 327 g/mol. The van der Waals surface area contributed by atoms with E-state index in [0.29, 0.717) is 18.6 Å². The summed E-state index contributed by atoms with van der Waals surface area (Å²) in [5, 5.41) is 0. The Kier molecular flexibility index (Phi) is 3.94. The Morgan fingerprint density at radius 3 is 2.21 bits per heavy atom. The summed E-state index contributed by atoms with van der Waals surface area (Å²) in [5.74, 6) is 0.116. The molecule has 1 amide bonds. The Morgan fingerprint density at radius 2 is 1.62 bits per heavy atom. The lowest BCUT2D eigenvalue weighted by Crippen LogP contribution is -2.43. The molecule has 128 valence electrons. The Bertz CT molecular complexity index is 810. The molecule has 4 rings (SSSR count). The van der Waals surface area contributed by atoms with Crippen molar-refractivity contribution in [2.75, 3.05) is 0 Å². The average molecular weight is 327 g/mol. The van der Waals surface area contributed by atoms with Gasteiger partial charge >= 0.3 is 5.69 Å². The predicted molar refractivity (Wildman–Crippen MR) is 94.0 cm³/mol. The van der Waals surface area contributed by atoms with E-state index >= 15 is 0 Å². The van der Waals surface area contributed by atoms with Crippen molar-refractivity contribution in [2.45, 2.75) is 70.6 Å². The van der Waals surface area contributed by atoms with E-state index in [-0.39, 0.29) is 18.1 Å². The highest BCUT2D eigenvalue weighted by Gasteiger charge is 2.38. The summed E-state index contributed by atoms with van der Waals surface area (Å²) in [5.41, 5.74) is 1.70. The van der Waals surface area contributed by atoms with E-state index in [1.807, 2.05) is 31.2 Å². The van der Waals surface area contributed by atoms with Crippen molar-refractivity contribution in [3.8, 4) is 0 Å². The predicted octanol–water partition coefficient (Wildman–Crippen LogP) is 2.76. The standard InChI is InChI=1S/C19H25N3O2/c1-2-20-16-9-5-6-10-17(16)21(19(20)24)13-18(23)22(15-11-12-15)14-7-3-4-8-14/h5-6,9-10,14-15H,2-4,7-8,11-13H2,1H3. The van der Waals surface area contributed by atoms with E-state index in [9.17, 15) is 9.59 Å². The summed E-state index contributed by atoms with van der Waals surface area (Å²) in [6, 6.07) is 8.56. The molecule has 2 aliphatic carbocycles. The van der Waals surface area contributed by atoms with E-state index < -0.39 is 0 Å². The van der Waals surface area contributed by atoms with Crippen molar-refractivity contribution >= 4 is 16.9 Å². The summed E-state index contributed by atoms with van der Waals surface area (Å²) in [6.07, 6.45) is 6.91. The number of rotatable bonds is 5. The van der Waals surface area contributed by atoms with Crippen LogP contribution in [0.5, 0.6) is 0 Å². The zero-order valence-electron chi connectivity index (χ0n) is 14.3. The first-order valence-electron chi connectivity index (χ1n) is 9.20. The zero-order valence-corrected chi connectivity index (χ0v) is 14.3. The molecule has 1 heterocycles. The molecule has 0 atom stereocenters. The Labute approximate surface area is 141 Å². The van der Waals surface area contributed by atoms with Crippen LogP contribution < -0.4 is 5.69 Å². The Morgan fingerprint density at radius 1 is 1.04 bits per heavy atom. The van der Waals surface area contributed by atoms with Gasteiger partial charge in [-0.05, 0) is 44.7 Å². The highest BCUT2D eigenvalue weighted by atomic mass is 16.2. The van der Waals surface area contributed by atoms with Crippen molar-refractivity contribution in [2.24, 2.45) is 0 Å². The van der Waals surface area contributed by atoms with Gasteiger partial charge in [-0.15, -0.1) is 0 Å². The maximum absolute atomic E-state index is 13.0. The number of hydrogen-bond acceptors (Lipinski definition) is 2. The molecule has 0 spiro atoms. The second-order valence-corrected chi connectivity index (χ2v) is 7.07. The molecule has 0 N–H and O–H groups in total. The molecule has 2 aromatic rings. The SMILES string of the molecule is CCn1c(=O)n(CC(=O)N(C2CCCC2)C2CC2)c2ccccc21. The van der Waals surface area contributed by atoms with Gasteiger partial charge in [0.15, 0.2) is 0 Å². The fourth-order valence-corrected chi connectivity index (χ4v) is 4.19. The molecule has 0 unspecified atom stereocenters. The molecule has 0 radical (unpaired) electrons. The minimum atomic E-state index is -0.0748. The first-order valence-corrected chi connectivity index (χ1v) is 9.20. The number of fused-ring (bicyclic) bond motifs is 1. The van der Waals surface area contributed by atoms with Crippen molar-refractivity contribution in [3.63, 3.8) is 0 Å². The van der Waals surface area contributed by atoms with Crippen LogP contribution in [0.4, 0.5) is 0 Å². The molecule has 5 nitrogen and oxygen atoms in total. The molecule has 2 fully saturated rings. The van der Waals surface area contributed by atoms with Crippen LogP contribution in [0.1, 0.15) is 45.4 Å². The Hall–Kier alpha value is -2.04. The minimum absolute atomic E-state index is 0.0748. The smallest absolute Gasteiger partial charge is 0.329 e. The maximum atomic E-state index is 13.0. The van der Waals surface area contributed by atoms with Gasteiger partial charge < -0.3 is 4.90 Å². The topological polar surface area (TPSA) is 47.2 Å². The van der Waals surface area contributed by atoms with Gasteiger partial charge in [0.05, 0.1) is 11.0 Å². The van der Waals surface area contributed by atoms with Crippen LogP contribution in [0.2, 0.25) is 0 Å². The van der Waals surface area contributed by atoms with Gasteiger partial charge in [-0.2, -0.15) is 0 Å². The molecule has 24 heavy (non-hydrogen) atoms. The van der Waals surface area contributed by atoms with Crippen LogP contribution in [0.25, 0.3) is 11.0 Å². The quantitative estimate of drug-likeness (QED) is 0.848. The van der Waals surface area contributed by atoms with Crippen LogP contribution in [0.15, 0.2) is 29.1 Å². The average Bonchev–Trinajstić information content (AvgIpc) is 3.19. The van der Waals surface area contributed by atoms with Crippen LogP contribution >= 0.6 is 0 Å². The van der Waals surface area contributed by atoms with Crippen LogP contribution in [-0.2, 0) is 17.9 Å². The summed E-state index contributed by atoms with van der Waals surface area (Å²) in [7, 11) is 0. The lowest BCUT2D eigenvalue weighted by molar-refractivity contribution is -0.134. The van der Waals surface area contributed by atoms with Gasteiger partial charge in [0.1, 0.15) is 6.54 Å². The molecule has 2 aliphatic rings. The van der Waals surface area contributed by atoms with E-state index in [0.717, 1.165) is 36.7 Å². The highest BCUT2D eigenvalue weighted by Crippen LogP contribution is 2.34. The van der Waals surface area contributed by atoms with Crippen molar-refractivity contribution < 1.29 is 4.79 Å². The number of hydrogen-bond donors (Lipinski definition) is 0. The van der Waals surface area contributed by atoms with Gasteiger partial charge in [-0.3, -0.25) is 13.9 Å². The van der Waals surface area contributed by atoms with Crippen LogP contribution in [0.3, 0.4) is 0 Å². The molecule has 0 aliphatic heterocycles. The first kappa shape index (κ1) is 15.5. The van der Waals surface area contributed by atoms with E-state index in [1.54, 1.807) is 9.13 Å². The second kappa shape index (κ2) is 6.11. The number of imidazole rings is 1. The Balaban J connectivity index is 1.67. The summed E-state index contributed by atoms with van der Waals surface area (Å²) < 4.78 is 3.41. The van der Waals surface area contributed by atoms with E-state index in [1.165, 1.54) is 12.8 Å². The van der Waals surface area contributed by atoms with Gasteiger partial charge in [-0.1, -0.05) is 25.0 Å². The normalized spacial score (nSPS) is 18.4. The number of carbonyl (C=O) groups excluding carboxylic acids is 1. The zero-order chi connectivity index (χ0) is 16.7.